The summed E-state index contributed by atoms with van der Waals surface area (Å²) in [4.78, 5) is 18.1. The molecule has 3 rings (SSSR count). The van der Waals surface area contributed by atoms with Crippen LogP contribution in [0.4, 0.5) is 0 Å². The predicted molar refractivity (Wildman–Crippen MR) is 83.7 cm³/mol. The Morgan fingerprint density at radius 1 is 1.19 bits per heavy atom. The lowest BCUT2D eigenvalue weighted by molar-refractivity contribution is -0.127. The minimum Gasteiger partial charge on any atom is -0.343 e. The number of aromatic nitrogens is 1. The highest BCUT2D eigenvalue weighted by Crippen LogP contribution is 2.22. The van der Waals surface area contributed by atoms with Crippen LogP contribution in [0.15, 0.2) is 48.5 Å². The van der Waals surface area contributed by atoms with E-state index in [1.54, 1.807) is 6.92 Å². The molecule has 1 fully saturated rings. The number of pyridine rings is 1. The molecule has 0 saturated carbocycles. The zero-order valence-electron chi connectivity index (χ0n) is 12.3. The summed E-state index contributed by atoms with van der Waals surface area (Å²) in [5.74, 6) is 0.718. The smallest absolute Gasteiger partial charge is 0.219 e. The lowest BCUT2D eigenvalue weighted by Crippen LogP contribution is -2.26. The van der Waals surface area contributed by atoms with Crippen LogP contribution < -0.4 is 0 Å². The third-order valence-electron chi connectivity index (χ3n) is 4.11. The van der Waals surface area contributed by atoms with Crippen LogP contribution in [0.2, 0.25) is 0 Å². The fourth-order valence-electron chi connectivity index (χ4n) is 2.94. The van der Waals surface area contributed by atoms with E-state index >= 15 is 0 Å². The van der Waals surface area contributed by atoms with Gasteiger partial charge in [0.15, 0.2) is 0 Å². The van der Waals surface area contributed by atoms with Crippen molar-refractivity contribution in [2.45, 2.75) is 19.8 Å². The summed E-state index contributed by atoms with van der Waals surface area (Å²) >= 11 is 0. The Labute approximate surface area is 125 Å². The van der Waals surface area contributed by atoms with E-state index in [-0.39, 0.29) is 5.91 Å². The van der Waals surface area contributed by atoms with Crippen molar-refractivity contribution in [3.05, 3.63) is 54.2 Å². The lowest BCUT2D eigenvalue weighted by Gasteiger charge is -2.14. The molecule has 0 N–H and O–H groups in total. The average Bonchev–Trinajstić information content (AvgIpc) is 2.97. The number of nitrogens with zero attached hydrogens (tertiary/aromatic N) is 2. The van der Waals surface area contributed by atoms with Gasteiger partial charge >= 0.3 is 0 Å². The molecule has 0 aliphatic carbocycles. The highest BCUT2D eigenvalue weighted by molar-refractivity contribution is 5.73. The Morgan fingerprint density at radius 3 is 2.71 bits per heavy atom. The molecule has 21 heavy (non-hydrogen) atoms. The zero-order valence-corrected chi connectivity index (χ0v) is 12.3. The van der Waals surface area contributed by atoms with Gasteiger partial charge in [-0.25, -0.2) is 0 Å². The summed E-state index contributed by atoms with van der Waals surface area (Å²) in [6.45, 7) is 3.40. The van der Waals surface area contributed by atoms with Crippen LogP contribution in [-0.4, -0.2) is 28.9 Å². The standard InChI is InChI=1S/C18H20N2O/c1-14(21)20-11-10-15(13-20)12-17-8-5-9-18(19-17)16-6-3-2-4-7-16/h2-9,15H,10-13H2,1H3. The van der Waals surface area contributed by atoms with Crippen LogP contribution in [0.3, 0.4) is 0 Å². The van der Waals surface area contributed by atoms with Crippen molar-refractivity contribution in [3.63, 3.8) is 0 Å². The molecule has 108 valence electrons. The average molecular weight is 280 g/mol. The van der Waals surface area contributed by atoms with Crippen molar-refractivity contribution in [1.29, 1.82) is 0 Å². The molecule has 1 amide bonds. The van der Waals surface area contributed by atoms with Gasteiger partial charge in [0, 0.05) is 31.3 Å². The SMILES string of the molecule is CC(=O)N1CCC(Cc2cccc(-c3ccccc3)n2)C1. The van der Waals surface area contributed by atoms with Crippen LogP contribution in [-0.2, 0) is 11.2 Å². The van der Waals surface area contributed by atoms with Crippen molar-refractivity contribution >= 4 is 5.91 Å². The van der Waals surface area contributed by atoms with E-state index in [9.17, 15) is 4.79 Å². The summed E-state index contributed by atoms with van der Waals surface area (Å²) in [5, 5.41) is 0. The van der Waals surface area contributed by atoms with Crippen LogP contribution in [0, 0.1) is 5.92 Å². The van der Waals surface area contributed by atoms with E-state index in [2.05, 4.69) is 30.3 Å². The van der Waals surface area contributed by atoms with Gasteiger partial charge in [0.1, 0.15) is 0 Å². The van der Waals surface area contributed by atoms with Gasteiger partial charge in [0.25, 0.3) is 0 Å². The van der Waals surface area contributed by atoms with E-state index in [1.807, 2.05) is 23.1 Å². The number of amides is 1. The first-order valence-corrected chi connectivity index (χ1v) is 7.49. The predicted octanol–water partition coefficient (Wildman–Crippen LogP) is 3.16. The van der Waals surface area contributed by atoms with Crippen LogP contribution in [0.25, 0.3) is 11.3 Å². The molecule has 3 heteroatoms. The summed E-state index contributed by atoms with van der Waals surface area (Å²) in [6, 6.07) is 16.5. The molecular weight excluding hydrogens is 260 g/mol. The van der Waals surface area contributed by atoms with Crippen LogP contribution in [0.5, 0.6) is 0 Å². The summed E-state index contributed by atoms with van der Waals surface area (Å²) in [7, 11) is 0. The maximum absolute atomic E-state index is 11.4. The largest absolute Gasteiger partial charge is 0.343 e. The second kappa shape index (κ2) is 6.08. The first-order valence-electron chi connectivity index (χ1n) is 7.49. The number of carbonyl (C=O) groups is 1. The Morgan fingerprint density at radius 2 is 2.00 bits per heavy atom. The molecule has 1 aliphatic rings. The summed E-state index contributed by atoms with van der Waals surface area (Å²) < 4.78 is 0. The van der Waals surface area contributed by atoms with Gasteiger partial charge in [-0.15, -0.1) is 0 Å². The lowest BCUT2D eigenvalue weighted by atomic mass is 10.0. The highest BCUT2D eigenvalue weighted by Gasteiger charge is 2.24. The second-order valence-electron chi connectivity index (χ2n) is 5.70. The van der Waals surface area contributed by atoms with Gasteiger partial charge in [0.05, 0.1) is 5.69 Å². The van der Waals surface area contributed by atoms with Crippen molar-refractivity contribution in [2.75, 3.05) is 13.1 Å². The molecule has 2 aromatic rings. The molecule has 0 bridgehead atoms. The molecule has 0 spiro atoms. The normalized spacial score (nSPS) is 18.0. The zero-order chi connectivity index (χ0) is 14.7. The van der Waals surface area contributed by atoms with E-state index in [4.69, 9.17) is 4.98 Å². The third-order valence-corrected chi connectivity index (χ3v) is 4.11. The first kappa shape index (κ1) is 13.8. The Kier molecular flexibility index (Phi) is 4.00. The Hall–Kier alpha value is -2.16. The quantitative estimate of drug-likeness (QED) is 0.865. The highest BCUT2D eigenvalue weighted by atomic mass is 16.2. The number of hydrogen-bond donors (Lipinski definition) is 0. The first-order chi connectivity index (χ1) is 10.2. The van der Waals surface area contributed by atoms with E-state index in [0.717, 1.165) is 42.9 Å². The number of benzene rings is 1. The van der Waals surface area contributed by atoms with Gasteiger partial charge in [-0.3, -0.25) is 9.78 Å². The topological polar surface area (TPSA) is 33.2 Å². The fraction of sp³-hybridized carbons (Fsp3) is 0.333. The van der Waals surface area contributed by atoms with Gasteiger partial charge < -0.3 is 4.90 Å². The Bertz CT molecular complexity index is 624. The van der Waals surface area contributed by atoms with Gasteiger partial charge in [-0.05, 0) is 30.9 Å². The van der Waals surface area contributed by atoms with Crippen molar-refractivity contribution in [3.8, 4) is 11.3 Å². The number of rotatable bonds is 3. The molecule has 1 unspecified atom stereocenters. The molecule has 0 radical (unpaired) electrons. The number of carbonyl (C=O) groups excluding carboxylic acids is 1. The number of hydrogen-bond acceptors (Lipinski definition) is 2. The molecular formula is C18H20N2O. The maximum atomic E-state index is 11.4. The maximum Gasteiger partial charge on any atom is 0.219 e. The second-order valence-corrected chi connectivity index (χ2v) is 5.70. The van der Waals surface area contributed by atoms with E-state index in [1.165, 1.54) is 0 Å². The number of likely N-dealkylation sites (tertiary alicyclic amines) is 1. The minimum atomic E-state index is 0.184. The van der Waals surface area contributed by atoms with Crippen LogP contribution in [0.1, 0.15) is 19.0 Å². The molecule has 1 atom stereocenters. The minimum absolute atomic E-state index is 0.184. The fourth-order valence-corrected chi connectivity index (χ4v) is 2.94. The molecule has 2 heterocycles. The van der Waals surface area contributed by atoms with Gasteiger partial charge in [-0.2, -0.15) is 0 Å². The summed E-state index contributed by atoms with van der Waals surface area (Å²) in [6.07, 6.45) is 2.03. The molecule has 3 nitrogen and oxygen atoms in total. The van der Waals surface area contributed by atoms with Gasteiger partial charge in [-0.1, -0.05) is 36.4 Å². The third kappa shape index (κ3) is 3.30. The van der Waals surface area contributed by atoms with Crippen LogP contribution >= 0.6 is 0 Å². The van der Waals surface area contributed by atoms with E-state index < -0.39 is 0 Å². The van der Waals surface area contributed by atoms with Crippen molar-refractivity contribution in [2.24, 2.45) is 5.92 Å². The molecule has 1 aromatic heterocycles. The van der Waals surface area contributed by atoms with E-state index in [0.29, 0.717) is 5.92 Å². The molecule has 1 aliphatic heterocycles. The van der Waals surface area contributed by atoms with Crippen molar-refractivity contribution < 1.29 is 4.79 Å². The Balaban J connectivity index is 1.71. The molecule has 1 aromatic carbocycles. The van der Waals surface area contributed by atoms with Gasteiger partial charge in [0.2, 0.25) is 5.91 Å². The van der Waals surface area contributed by atoms with Crippen molar-refractivity contribution in [1.82, 2.24) is 9.88 Å². The summed E-state index contributed by atoms with van der Waals surface area (Å²) in [5.41, 5.74) is 3.29. The molecule has 1 saturated heterocycles. The monoisotopic (exact) mass is 280 g/mol.